The Morgan fingerprint density at radius 3 is 2.67 bits per heavy atom. The normalized spacial score (nSPS) is 13.2. The van der Waals surface area contributed by atoms with Crippen LogP contribution in [-0.4, -0.2) is 17.8 Å². The molecule has 0 saturated carbocycles. The minimum atomic E-state index is -0.734. The van der Waals surface area contributed by atoms with Crippen molar-refractivity contribution in [2.45, 2.75) is 26.1 Å². The van der Waals surface area contributed by atoms with Gasteiger partial charge in [0.2, 0.25) is 0 Å². The van der Waals surface area contributed by atoms with E-state index >= 15 is 0 Å². The van der Waals surface area contributed by atoms with Crippen LogP contribution >= 0.6 is 15.9 Å². The average Bonchev–Trinajstić information content (AvgIpc) is 2.14. The maximum atomic E-state index is 12.8. The van der Waals surface area contributed by atoms with Crippen molar-refractivity contribution < 1.29 is 14.2 Å². The monoisotopic (exact) mass is 276 g/mol. The molecule has 0 heterocycles. The van der Waals surface area contributed by atoms with Crippen molar-refractivity contribution in [1.82, 2.24) is 0 Å². The van der Waals surface area contributed by atoms with Crippen molar-refractivity contribution in [2.75, 3.05) is 6.61 Å². The van der Waals surface area contributed by atoms with Gasteiger partial charge in [-0.15, -0.1) is 0 Å². The fourth-order valence-corrected chi connectivity index (χ4v) is 1.76. The van der Waals surface area contributed by atoms with E-state index in [4.69, 9.17) is 4.74 Å². The molecule has 0 aliphatic carbocycles. The summed E-state index contributed by atoms with van der Waals surface area (Å²) >= 11 is 3.20. The highest BCUT2D eigenvalue weighted by molar-refractivity contribution is 9.10. The number of rotatable bonds is 4. The molecule has 0 aliphatic heterocycles. The highest BCUT2D eigenvalue weighted by Gasteiger charge is 2.12. The van der Waals surface area contributed by atoms with Crippen molar-refractivity contribution in [3.05, 3.63) is 34.1 Å². The Balaban J connectivity index is 2.69. The molecule has 0 aliphatic rings. The lowest BCUT2D eigenvalue weighted by molar-refractivity contribution is 0.00463. The predicted molar refractivity (Wildman–Crippen MR) is 60.1 cm³/mol. The molecule has 0 radical (unpaired) electrons. The van der Waals surface area contributed by atoms with Crippen LogP contribution in [0.5, 0.6) is 0 Å². The zero-order valence-electron chi connectivity index (χ0n) is 8.71. The maximum absolute atomic E-state index is 12.8. The largest absolute Gasteiger partial charge is 0.386 e. The molecule has 4 heteroatoms. The van der Waals surface area contributed by atoms with E-state index in [1.54, 1.807) is 6.07 Å². The molecule has 84 valence electrons. The Kier molecular flexibility index (Phi) is 4.70. The van der Waals surface area contributed by atoms with Gasteiger partial charge in [0.1, 0.15) is 11.9 Å². The van der Waals surface area contributed by atoms with Gasteiger partial charge >= 0.3 is 0 Å². The standard InChI is InChI=1S/C11H14BrFO2/c1-7(2)15-6-11(14)9-4-3-8(13)5-10(9)12/h3-5,7,11,14H,6H2,1-2H3. The van der Waals surface area contributed by atoms with Crippen LogP contribution in [0.4, 0.5) is 4.39 Å². The van der Waals surface area contributed by atoms with Gasteiger partial charge in [-0.25, -0.2) is 4.39 Å². The van der Waals surface area contributed by atoms with E-state index < -0.39 is 6.10 Å². The van der Waals surface area contributed by atoms with Crippen molar-refractivity contribution >= 4 is 15.9 Å². The molecule has 0 saturated heterocycles. The van der Waals surface area contributed by atoms with E-state index in [0.29, 0.717) is 10.0 Å². The van der Waals surface area contributed by atoms with Gasteiger partial charge in [-0.1, -0.05) is 22.0 Å². The van der Waals surface area contributed by atoms with E-state index in [2.05, 4.69) is 15.9 Å². The summed E-state index contributed by atoms with van der Waals surface area (Å²) < 4.78 is 18.6. The van der Waals surface area contributed by atoms with Gasteiger partial charge in [0.05, 0.1) is 12.7 Å². The van der Waals surface area contributed by atoms with Crippen molar-refractivity contribution in [1.29, 1.82) is 0 Å². The average molecular weight is 277 g/mol. The maximum Gasteiger partial charge on any atom is 0.124 e. The molecule has 2 nitrogen and oxygen atoms in total. The number of benzene rings is 1. The molecule has 0 amide bonds. The molecule has 1 atom stereocenters. The second-order valence-corrected chi connectivity index (χ2v) is 4.42. The van der Waals surface area contributed by atoms with Crippen LogP contribution in [0.1, 0.15) is 25.5 Å². The second-order valence-electron chi connectivity index (χ2n) is 3.56. The molecule has 0 spiro atoms. The molecule has 15 heavy (non-hydrogen) atoms. The molecule has 0 bridgehead atoms. The highest BCUT2D eigenvalue weighted by atomic mass is 79.9. The van der Waals surface area contributed by atoms with Gasteiger partial charge in [-0.05, 0) is 31.5 Å². The number of halogens is 2. The van der Waals surface area contributed by atoms with Gasteiger partial charge in [-0.2, -0.15) is 0 Å². The van der Waals surface area contributed by atoms with Gasteiger partial charge in [0.25, 0.3) is 0 Å². The van der Waals surface area contributed by atoms with E-state index in [1.165, 1.54) is 12.1 Å². The quantitative estimate of drug-likeness (QED) is 0.916. The fraction of sp³-hybridized carbons (Fsp3) is 0.455. The van der Waals surface area contributed by atoms with E-state index in [-0.39, 0.29) is 18.5 Å². The van der Waals surface area contributed by atoms with Crippen LogP contribution < -0.4 is 0 Å². The summed E-state index contributed by atoms with van der Waals surface area (Å²) in [6, 6.07) is 4.19. The van der Waals surface area contributed by atoms with Crippen molar-refractivity contribution in [3.63, 3.8) is 0 Å². The molecule has 1 unspecified atom stereocenters. The first-order valence-corrected chi connectivity index (χ1v) is 5.54. The summed E-state index contributed by atoms with van der Waals surface area (Å²) in [5, 5.41) is 9.76. The molecule has 1 aromatic carbocycles. The van der Waals surface area contributed by atoms with Gasteiger partial charge in [0.15, 0.2) is 0 Å². The first-order chi connectivity index (χ1) is 7.00. The van der Waals surface area contributed by atoms with E-state index in [1.807, 2.05) is 13.8 Å². The third kappa shape index (κ3) is 3.89. The molecule has 1 aromatic rings. The topological polar surface area (TPSA) is 29.5 Å². The zero-order valence-corrected chi connectivity index (χ0v) is 10.3. The van der Waals surface area contributed by atoms with Crippen LogP contribution in [0.2, 0.25) is 0 Å². The highest BCUT2D eigenvalue weighted by Crippen LogP contribution is 2.24. The number of hydrogen-bond donors (Lipinski definition) is 1. The van der Waals surface area contributed by atoms with Crippen molar-refractivity contribution in [2.24, 2.45) is 0 Å². The summed E-state index contributed by atoms with van der Waals surface area (Å²) in [5.41, 5.74) is 0.636. The predicted octanol–water partition coefficient (Wildman–Crippen LogP) is 3.05. The number of hydrogen-bond acceptors (Lipinski definition) is 2. The Hall–Kier alpha value is -0.450. The van der Waals surface area contributed by atoms with Crippen LogP contribution in [-0.2, 0) is 4.74 Å². The van der Waals surface area contributed by atoms with Crippen LogP contribution in [0.25, 0.3) is 0 Å². The molecule has 0 fully saturated rings. The Bertz CT molecular complexity index is 328. The van der Waals surface area contributed by atoms with Crippen LogP contribution in [0.15, 0.2) is 22.7 Å². The molecular formula is C11H14BrFO2. The third-order valence-electron chi connectivity index (χ3n) is 1.91. The van der Waals surface area contributed by atoms with Crippen LogP contribution in [0, 0.1) is 5.82 Å². The Labute approximate surface area is 97.2 Å². The molecular weight excluding hydrogens is 263 g/mol. The van der Waals surface area contributed by atoms with E-state index in [0.717, 1.165) is 0 Å². The summed E-state index contributed by atoms with van der Waals surface area (Å²) in [7, 11) is 0. The number of aliphatic hydroxyl groups is 1. The summed E-state index contributed by atoms with van der Waals surface area (Å²) in [4.78, 5) is 0. The lowest BCUT2D eigenvalue weighted by atomic mass is 10.1. The smallest absolute Gasteiger partial charge is 0.124 e. The van der Waals surface area contributed by atoms with Crippen molar-refractivity contribution in [3.8, 4) is 0 Å². The fourth-order valence-electron chi connectivity index (χ4n) is 1.15. The summed E-state index contributed by atoms with van der Waals surface area (Å²) in [6.45, 7) is 4.00. The SMILES string of the molecule is CC(C)OCC(O)c1ccc(F)cc1Br. The second kappa shape index (κ2) is 5.58. The summed E-state index contributed by atoms with van der Waals surface area (Å²) in [5.74, 6) is -0.331. The van der Waals surface area contributed by atoms with E-state index in [9.17, 15) is 9.50 Å². The first-order valence-electron chi connectivity index (χ1n) is 4.75. The van der Waals surface area contributed by atoms with Gasteiger partial charge < -0.3 is 9.84 Å². The van der Waals surface area contributed by atoms with Gasteiger partial charge in [-0.3, -0.25) is 0 Å². The first kappa shape index (κ1) is 12.6. The third-order valence-corrected chi connectivity index (χ3v) is 2.60. The minimum absolute atomic E-state index is 0.0684. The Morgan fingerprint density at radius 1 is 1.47 bits per heavy atom. The summed E-state index contributed by atoms with van der Waals surface area (Å²) in [6.07, 6.45) is -0.666. The lowest BCUT2D eigenvalue weighted by Crippen LogP contribution is -2.12. The Morgan fingerprint density at radius 2 is 2.13 bits per heavy atom. The van der Waals surface area contributed by atoms with Crippen LogP contribution in [0.3, 0.4) is 0 Å². The lowest BCUT2D eigenvalue weighted by Gasteiger charge is -2.15. The molecule has 0 aromatic heterocycles. The molecule has 1 N–H and O–H groups in total. The number of ether oxygens (including phenoxy) is 1. The number of aliphatic hydroxyl groups excluding tert-OH is 1. The molecule has 1 rings (SSSR count). The van der Waals surface area contributed by atoms with Gasteiger partial charge in [0, 0.05) is 4.47 Å². The minimum Gasteiger partial charge on any atom is -0.386 e. The zero-order chi connectivity index (χ0) is 11.4.